The number of nitrogens with zero attached hydrogens (tertiary/aromatic N) is 2. The van der Waals surface area contributed by atoms with Crippen LogP contribution in [0.15, 0.2) is 78.2 Å². The first-order chi connectivity index (χ1) is 21.6. The van der Waals surface area contributed by atoms with Crippen molar-refractivity contribution in [1.29, 1.82) is 0 Å². The molecule has 4 aromatic rings. The van der Waals surface area contributed by atoms with E-state index in [1.165, 1.54) is 30.6 Å². The Labute approximate surface area is 261 Å². The van der Waals surface area contributed by atoms with Gasteiger partial charge in [-0.2, -0.15) is 13.2 Å². The van der Waals surface area contributed by atoms with E-state index in [4.69, 9.17) is 4.74 Å². The Morgan fingerprint density at radius 1 is 0.978 bits per heavy atom. The molecule has 12 heteroatoms. The fourth-order valence-corrected chi connectivity index (χ4v) is 6.04. The average molecular weight is 638 g/mol. The molecule has 1 aliphatic rings. The number of nitrogens with one attached hydrogen (secondary N) is 1. The summed E-state index contributed by atoms with van der Waals surface area (Å²) in [5.41, 5.74) is 1.55. The van der Waals surface area contributed by atoms with Gasteiger partial charge in [0.1, 0.15) is 18.1 Å². The van der Waals surface area contributed by atoms with Crippen LogP contribution in [0.4, 0.5) is 13.2 Å². The molecule has 0 radical (unpaired) electrons. The van der Waals surface area contributed by atoms with Crippen LogP contribution in [0.1, 0.15) is 60.5 Å². The van der Waals surface area contributed by atoms with Gasteiger partial charge in [-0.1, -0.05) is 30.3 Å². The number of hydrogen-bond acceptors (Lipinski definition) is 7. The molecule has 1 aromatic heterocycles. The fourth-order valence-electron chi connectivity index (χ4n) is 5.07. The quantitative estimate of drug-likeness (QED) is 0.168. The number of halogens is 3. The van der Waals surface area contributed by atoms with Gasteiger partial charge in [0.25, 0.3) is 11.8 Å². The summed E-state index contributed by atoms with van der Waals surface area (Å²) < 4.78 is 49.3. The second-order valence-electron chi connectivity index (χ2n) is 10.4. The number of benzene rings is 3. The second-order valence-corrected chi connectivity index (χ2v) is 11.3. The van der Waals surface area contributed by atoms with Crippen LogP contribution in [0.2, 0.25) is 0 Å². The molecule has 2 heterocycles. The monoisotopic (exact) mass is 637 g/mol. The number of thiazole rings is 1. The molecule has 0 unspecified atom stereocenters. The number of alkyl halides is 3. The molecule has 0 spiro atoms. The Bertz CT molecular complexity index is 1650. The standard InChI is InChI=1S/C33H30F3N3O5S/c1-43-32(42)23-8-12-25(13-9-23)44-19-16-37-29(40)28-20-45-30(38-28)22-14-17-39(18-15-22)31(41)27-5-3-2-4-26(27)21-6-10-24(11-7-21)33(34,35)36/h2-13,20,22H,14-19H2,1H3,(H,37,40). The van der Waals surface area contributed by atoms with Gasteiger partial charge in [0.2, 0.25) is 0 Å². The fraction of sp³-hybridized carbons (Fsp3) is 0.273. The summed E-state index contributed by atoms with van der Waals surface area (Å²) in [6.45, 7) is 1.47. The van der Waals surface area contributed by atoms with Crippen molar-refractivity contribution >= 4 is 29.1 Å². The Hall–Kier alpha value is -4.71. The van der Waals surface area contributed by atoms with Crippen molar-refractivity contribution < 1.29 is 37.0 Å². The number of amides is 2. The van der Waals surface area contributed by atoms with Crippen molar-refractivity contribution in [2.45, 2.75) is 24.9 Å². The molecule has 0 atom stereocenters. The maximum absolute atomic E-state index is 13.5. The smallest absolute Gasteiger partial charge is 0.416 e. The highest BCUT2D eigenvalue weighted by Gasteiger charge is 2.31. The second kappa shape index (κ2) is 13.9. The Morgan fingerprint density at radius 3 is 2.33 bits per heavy atom. The molecule has 1 N–H and O–H groups in total. The zero-order chi connectivity index (χ0) is 32.0. The van der Waals surface area contributed by atoms with E-state index in [-0.39, 0.29) is 30.9 Å². The van der Waals surface area contributed by atoms with Gasteiger partial charge >= 0.3 is 12.1 Å². The molecule has 2 amide bonds. The zero-order valence-corrected chi connectivity index (χ0v) is 25.1. The highest BCUT2D eigenvalue weighted by atomic mass is 32.1. The molecule has 0 aliphatic carbocycles. The van der Waals surface area contributed by atoms with Crippen LogP contribution in [0.25, 0.3) is 11.1 Å². The Morgan fingerprint density at radius 2 is 1.67 bits per heavy atom. The molecule has 0 saturated carbocycles. The van der Waals surface area contributed by atoms with Gasteiger partial charge in [-0.25, -0.2) is 9.78 Å². The van der Waals surface area contributed by atoms with Crippen LogP contribution in [0.5, 0.6) is 5.75 Å². The molecule has 1 fully saturated rings. The van der Waals surface area contributed by atoms with E-state index in [1.807, 2.05) is 0 Å². The third-order valence-electron chi connectivity index (χ3n) is 7.50. The highest BCUT2D eigenvalue weighted by molar-refractivity contribution is 7.09. The number of ether oxygens (including phenoxy) is 2. The summed E-state index contributed by atoms with van der Waals surface area (Å²) in [6, 6.07) is 18.2. The summed E-state index contributed by atoms with van der Waals surface area (Å²) in [5, 5.41) is 5.34. The molecule has 45 heavy (non-hydrogen) atoms. The van der Waals surface area contributed by atoms with E-state index < -0.39 is 17.7 Å². The summed E-state index contributed by atoms with van der Waals surface area (Å²) >= 11 is 1.41. The summed E-state index contributed by atoms with van der Waals surface area (Å²) in [4.78, 5) is 43.9. The normalized spacial score (nSPS) is 13.7. The lowest BCUT2D eigenvalue weighted by Crippen LogP contribution is -2.38. The number of esters is 1. The third kappa shape index (κ3) is 7.69. The maximum Gasteiger partial charge on any atom is 0.416 e. The number of rotatable bonds is 9. The van der Waals surface area contributed by atoms with E-state index >= 15 is 0 Å². The first-order valence-electron chi connectivity index (χ1n) is 14.2. The summed E-state index contributed by atoms with van der Waals surface area (Å²) in [5.74, 6) is -0.265. The molecule has 8 nitrogen and oxygen atoms in total. The molecular formula is C33H30F3N3O5S. The van der Waals surface area contributed by atoms with Crippen molar-refractivity contribution in [3.05, 3.63) is 106 Å². The highest BCUT2D eigenvalue weighted by Crippen LogP contribution is 2.34. The number of methoxy groups -OCH3 is 1. The van der Waals surface area contributed by atoms with Gasteiger partial charge in [0, 0.05) is 30.0 Å². The van der Waals surface area contributed by atoms with Crippen molar-refractivity contribution in [2.75, 3.05) is 33.4 Å². The predicted octanol–water partition coefficient (Wildman–Crippen LogP) is 6.44. The summed E-state index contributed by atoms with van der Waals surface area (Å²) in [6.07, 6.45) is -3.09. The van der Waals surface area contributed by atoms with Crippen molar-refractivity contribution in [3.63, 3.8) is 0 Å². The molecule has 3 aromatic carbocycles. The molecule has 0 bridgehead atoms. The van der Waals surface area contributed by atoms with Crippen molar-refractivity contribution in [1.82, 2.24) is 15.2 Å². The van der Waals surface area contributed by atoms with Crippen LogP contribution in [-0.2, 0) is 10.9 Å². The molecule has 1 saturated heterocycles. The number of aromatic nitrogens is 1. The van der Waals surface area contributed by atoms with Gasteiger partial charge < -0.3 is 19.7 Å². The maximum atomic E-state index is 13.5. The van der Waals surface area contributed by atoms with E-state index in [9.17, 15) is 27.6 Å². The zero-order valence-electron chi connectivity index (χ0n) is 24.3. The lowest BCUT2D eigenvalue weighted by Gasteiger charge is -2.31. The molecular weight excluding hydrogens is 607 g/mol. The van der Waals surface area contributed by atoms with Gasteiger partial charge in [-0.05, 0) is 66.4 Å². The van der Waals surface area contributed by atoms with E-state index in [2.05, 4.69) is 15.0 Å². The minimum absolute atomic E-state index is 0.0991. The number of likely N-dealkylation sites (tertiary alicyclic amines) is 1. The lowest BCUT2D eigenvalue weighted by molar-refractivity contribution is -0.137. The van der Waals surface area contributed by atoms with Crippen LogP contribution in [0.3, 0.4) is 0 Å². The van der Waals surface area contributed by atoms with Gasteiger partial charge in [0.15, 0.2) is 0 Å². The van der Waals surface area contributed by atoms with Crippen LogP contribution in [-0.4, -0.2) is 61.0 Å². The van der Waals surface area contributed by atoms with Crippen LogP contribution in [0, 0.1) is 0 Å². The summed E-state index contributed by atoms with van der Waals surface area (Å²) in [7, 11) is 1.31. The minimum atomic E-state index is -4.43. The first kappa shape index (κ1) is 31.7. The topological polar surface area (TPSA) is 97.8 Å². The minimum Gasteiger partial charge on any atom is -0.492 e. The largest absolute Gasteiger partial charge is 0.492 e. The lowest BCUT2D eigenvalue weighted by atomic mass is 9.94. The van der Waals surface area contributed by atoms with Gasteiger partial charge in [-0.15, -0.1) is 11.3 Å². The number of piperidine rings is 1. The van der Waals surface area contributed by atoms with Crippen LogP contribution < -0.4 is 10.1 Å². The Balaban J connectivity index is 1.11. The van der Waals surface area contributed by atoms with E-state index in [1.54, 1.807) is 58.8 Å². The number of carbonyl (C=O) groups is 3. The predicted molar refractivity (Wildman–Crippen MR) is 162 cm³/mol. The first-order valence-corrected chi connectivity index (χ1v) is 15.1. The van der Waals surface area contributed by atoms with Crippen LogP contribution >= 0.6 is 11.3 Å². The van der Waals surface area contributed by atoms with E-state index in [0.717, 1.165) is 17.1 Å². The molecule has 1 aliphatic heterocycles. The SMILES string of the molecule is COC(=O)c1ccc(OCCNC(=O)c2csc(C3CCN(C(=O)c4ccccc4-c4ccc(C(F)(F)F)cc4)CC3)n2)cc1. The number of hydrogen-bond donors (Lipinski definition) is 1. The van der Waals surface area contributed by atoms with E-state index in [0.29, 0.717) is 59.6 Å². The molecule has 5 rings (SSSR count). The number of carbonyl (C=O) groups excluding carboxylic acids is 3. The van der Waals surface area contributed by atoms with Crippen molar-refractivity contribution in [3.8, 4) is 16.9 Å². The van der Waals surface area contributed by atoms with Gasteiger partial charge in [-0.3, -0.25) is 9.59 Å². The molecule has 234 valence electrons. The third-order valence-corrected chi connectivity index (χ3v) is 8.51. The average Bonchev–Trinajstić information content (AvgIpc) is 3.57. The van der Waals surface area contributed by atoms with Crippen molar-refractivity contribution in [2.24, 2.45) is 0 Å². The van der Waals surface area contributed by atoms with Gasteiger partial charge in [0.05, 0.1) is 29.8 Å². The Kier molecular flexibility index (Phi) is 9.82.